The first-order valence-corrected chi connectivity index (χ1v) is 9.30. The van der Waals surface area contributed by atoms with E-state index in [2.05, 4.69) is 29.7 Å². The van der Waals surface area contributed by atoms with Crippen molar-refractivity contribution < 1.29 is 13.4 Å². The Bertz CT molecular complexity index is 1340. The van der Waals surface area contributed by atoms with Gasteiger partial charge in [0.05, 0.1) is 11.1 Å². The van der Waals surface area contributed by atoms with Gasteiger partial charge in [0.2, 0.25) is 5.69 Å². The second-order valence-corrected chi connectivity index (χ2v) is 7.10. The van der Waals surface area contributed by atoms with Gasteiger partial charge in [0.25, 0.3) is 0 Å². The van der Waals surface area contributed by atoms with Crippen molar-refractivity contribution in [2.75, 3.05) is 0 Å². The molecule has 0 fully saturated rings. The van der Waals surface area contributed by atoms with E-state index < -0.39 is 0 Å². The summed E-state index contributed by atoms with van der Waals surface area (Å²) < 4.78 is 23.3. The van der Waals surface area contributed by atoms with Crippen LogP contribution < -0.4 is 4.57 Å². The summed E-state index contributed by atoms with van der Waals surface area (Å²) in [5.74, 6) is -0.277. The molecule has 0 saturated heterocycles. The van der Waals surface area contributed by atoms with Crippen LogP contribution in [0, 0.1) is 12.7 Å². The van der Waals surface area contributed by atoms with E-state index in [1.165, 1.54) is 6.07 Å². The number of hydrogen-bond acceptors (Lipinski definition) is 1. The Labute approximate surface area is 162 Å². The topological polar surface area (TPSA) is 17.0 Å². The average Bonchev–Trinajstić information content (AvgIpc) is 3.07. The number of fused-ring (bicyclic) bond motifs is 3. The molecule has 0 amide bonds. The monoisotopic (exact) mass is 368 g/mol. The van der Waals surface area contributed by atoms with E-state index in [9.17, 15) is 4.39 Å². The maximum atomic E-state index is 14.8. The van der Waals surface area contributed by atoms with E-state index in [4.69, 9.17) is 4.42 Å². The summed E-state index contributed by atoms with van der Waals surface area (Å²) in [4.78, 5) is 0. The Hall–Kier alpha value is -3.46. The molecule has 0 aliphatic heterocycles. The van der Waals surface area contributed by atoms with Crippen molar-refractivity contribution in [3.63, 3.8) is 0 Å². The number of aryl methyl sites for hydroxylation is 2. The summed E-state index contributed by atoms with van der Waals surface area (Å²) in [5, 5.41) is 1.92. The van der Waals surface area contributed by atoms with Gasteiger partial charge in [0, 0.05) is 22.9 Å². The zero-order valence-corrected chi connectivity index (χ0v) is 15.7. The minimum absolute atomic E-state index is 0.277. The molecular formula is C25H19FNO+. The molecule has 0 aliphatic carbocycles. The second-order valence-electron chi connectivity index (χ2n) is 7.10. The lowest BCUT2D eigenvalue weighted by atomic mass is 9.99. The third-order valence-electron chi connectivity index (χ3n) is 5.34. The summed E-state index contributed by atoms with van der Waals surface area (Å²) in [7, 11) is 2.02. The number of furan rings is 1. The van der Waals surface area contributed by atoms with Crippen LogP contribution in [0.1, 0.15) is 5.56 Å². The zero-order chi connectivity index (χ0) is 19.3. The van der Waals surface area contributed by atoms with Gasteiger partial charge in [-0.1, -0.05) is 42.5 Å². The highest BCUT2D eigenvalue weighted by atomic mass is 19.1. The van der Waals surface area contributed by atoms with Crippen LogP contribution in [0.5, 0.6) is 0 Å². The van der Waals surface area contributed by atoms with E-state index in [1.807, 2.05) is 61.8 Å². The quantitative estimate of drug-likeness (QED) is 0.339. The predicted octanol–water partition coefficient (Wildman–Crippen LogP) is 6.19. The van der Waals surface area contributed by atoms with Crippen molar-refractivity contribution in [1.29, 1.82) is 0 Å². The maximum absolute atomic E-state index is 14.8. The zero-order valence-electron chi connectivity index (χ0n) is 15.7. The summed E-state index contributed by atoms with van der Waals surface area (Å²) in [5.41, 5.74) is 5.92. The van der Waals surface area contributed by atoms with Gasteiger partial charge in [-0.25, -0.2) is 8.96 Å². The minimum atomic E-state index is -0.277. The van der Waals surface area contributed by atoms with Crippen molar-refractivity contribution in [2.45, 2.75) is 6.92 Å². The van der Waals surface area contributed by atoms with Crippen LogP contribution in [0.2, 0.25) is 0 Å². The first kappa shape index (κ1) is 16.7. The van der Waals surface area contributed by atoms with E-state index >= 15 is 0 Å². The highest BCUT2D eigenvalue weighted by Gasteiger charge is 2.22. The standard InChI is InChI=1S/C25H19FNO/c1-16-11-12-18-19-13-14-20(26)23(17-8-4-3-5-9-17)25(19)28-24(18)22(16)21-10-6-7-15-27(21)2/h3-15H,1-2H3/q+1. The van der Waals surface area contributed by atoms with Crippen LogP contribution in [0.4, 0.5) is 4.39 Å². The normalized spacial score (nSPS) is 11.4. The molecule has 0 atom stereocenters. The molecule has 3 aromatic carbocycles. The minimum Gasteiger partial charge on any atom is -0.454 e. The second kappa shape index (κ2) is 6.31. The summed E-state index contributed by atoms with van der Waals surface area (Å²) >= 11 is 0. The van der Waals surface area contributed by atoms with Crippen molar-refractivity contribution in [3.05, 3.63) is 90.4 Å². The molecule has 0 bridgehead atoms. The molecule has 0 aliphatic rings. The molecular weight excluding hydrogens is 349 g/mol. The third-order valence-corrected chi connectivity index (χ3v) is 5.34. The summed E-state index contributed by atoms with van der Waals surface area (Å²) in [6.45, 7) is 2.08. The Morgan fingerprint density at radius 3 is 2.18 bits per heavy atom. The predicted molar refractivity (Wildman–Crippen MR) is 110 cm³/mol. The number of rotatable bonds is 2. The number of aromatic nitrogens is 1. The van der Waals surface area contributed by atoms with Crippen LogP contribution in [0.15, 0.2) is 83.4 Å². The number of halogens is 1. The number of nitrogens with zero attached hydrogens (tertiary/aromatic N) is 1. The van der Waals surface area contributed by atoms with Gasteiger partial charge >= 0.3 is 0 Å². The van der Waals surface area contributed by atoms with Gasteiger partial charge < -0.3 is 4.42 Å². The third kappa shape index (κ3) is 2.43. The van der Waals surface area contributed by atoms with Crippen LogP contribution >= 0.6 is 0 Å². The van der Waals surface area contributed by atoms with E-state index in [0.29, 0.717) is 11.1 Å². The molecule has 0 N–H and O–H groups in total. The maximum Gasteiger partial charge on any atom is 0.216 e. The van der Waals surface area contributed by atoms with Gasteiger partial charge in [-0.15, -0.1) is 0 Å². The van der Waals surface area contributed by atoms with Gasteiger partial charge in [-0.05, 0) is 36.2 Å². The summed E-state index contributed by atoms with van der Waals surface area (Å²) in [6, 6.07) is 23.2. The van der Waals surface area contributed by atoms with E-state index in [-0.39, 0.29) is 5.82 Å². The molecule has 136 valence electrons. The lowest BCUT2D eigenvalue weighted by molar-refractivity contribution is -0.660. The Balaban J connectivity index is 1.92. The summed E-state index contributed by atoms with van der Waals surface area (Å²) in [6.07, 6.45) is 2.02. The first-order valence-electron chi connectivity index (χ1n) is 9.30. The molecule has 3 heteroatoms. The van der Waals surface area contributed by atoms with Gasteiger partial charge in [-0.2, -0.15) is 0 Å². The SMILES string of the molecule is Cc1ccc2c(oc3c(-c4ccccc4)c(F)ccc32)c1-c1cccc[n+]1C. The molecule has 0 saturated carbocycles. The smallest absolute Gasteiger partial charge is 0.216 e. The Kier molecular flexibility index (Phi) is 3.76. The van der Waals surface area contributed by atoms with Crippen molar-refractivity contribution in [1.82, 2.24) is 0 Å². The molecule has 0 unspecified atom stereocenters. The molecule has 0 radical (unpaired) electrons. The first-order chi connectivity index (χ1) is 13.6. The molecule has 2 nitrogen and oxygen atoms in total. The van der Waals surface area contributed by atoms with Crippen molar-refractivity contribution in [3.8, 4) is 22.4 Å². The van der Waals surface area contributed by atoms with Crippen LogP contribution in [0.25, 0.3) is 44.3 Å². The number of pyridine rings is 1. The van der Waals surface area contributed by atoms with Gasteiger partial charge in [-0.3, -0.25) is 0 Å². The van der Waals surface area contributed by atoms with Gasteiger partial charge in [0.15, 0.2) is 6.20 Å². The van der Waals surface area contributed by atoms with Crippen LogP contribution in [0.3, 0.4) is 0 Å². The lowest BCUT2D eigenvalue weighted by Gasteiger charge is -2.05. The van der Waals surface area contributed by atoms with E-state index in [1.54, 1.807) is 0 Å². The Morgan fingerprint density at radius 2 is 1.43 bits per heavy atom. The fraction of sp³-hybridized carbons (Fsp3) is 0.0800. The highest BCUT2D eigenvalue weighted by Crippen LogP contribution is 2.41. The molecule has 28 heavy (non-hydrogen) atoms. The molecule has 5 rings (SSSR count). The molecule has 2 heterocycles. The van der Waals surface area contributed by atoms with Crippen molar-refractivity contribution in [2.24, 2.45) is 7.05 Å². The number of hydrogen-bond donors (Lipinski definition) is 0. The highest BCUT2D eigenvalue weighted by molar-refractivity contribution is 6.13. The Morgan fingerprint density at radius 1 is 0.750 bits per heavy atom. The lowest BCUT2D eigenvalue weighted by Crippen LogP contribution is -2.30. The van der Waals surface area contributed by atoms with Crippen LogP contribution in [-0.2, 0) is 7.05 Å². The van der Waals surface area contributed by atoms with Gasteiger partial charge in [0.1, 0.15) is 24.0 Å². The average molecular weight is 368 g/mol. The molecule has 0 spiro atoms. The molecule has 2 aromatic heterocycles. The fourth-order valence-electron chi connectivity index (χ4n) is 3.95. The molecule has 5 aromatic rings. The number of benzene rings is 3. The largest absolute Gasteiger partial charge is 0.454 e. The van der Waals surface area contributed by atoms with Crippen molar-refractivity contribution >= 4 is 21.9 Å². The van der Waals surface area contributed by atoms with Crippen LogP contribution in [-0.4, -0.2) is 0 Å². The fourth-order valence-corrected chi connectivity index (χ4v) is 3.95. The van der Waals surface area contributed by atoms with E-state index in [0.717, 1.165) is 38.7 Å².